The maximum absolute atomic E-state index is 11.8. The third kappa shape index (κ3) is 2.11. The molecule has 2 N–H and O–H groups in total. The Labute approximate surface area is 137 Å². The van der Waals surface area contributed by atoms with E-state index in [9.17, 15) is 4.79 Å². The van der Waals surface area contributed by atoms with Crippen LogP contribution in [-0.4, -0.2) is 10.5 Å². The van der Waals surface area contributed by atoms with Gasteiger partial charge >= 0.3 is 0 Å². The lowest BCUT2D eigenvalue weighted by Crippen LogP contribution is -2.11. The Morgan fingerprint density at radius 3 is 2.87 bits per heavy atom. The SMILES string of the molecule is NC(=O)c1cccc2c1c1[c]ccc(Cl)c1n2Cc1ccco1. The van der Waals surface area contributed by atoms with E-state index in [-0.39, 0.29) is 0 Å². The first kappa shape index (κ1) is 13.9. The number of primary amides is 1. The van der Waals surface area contributed by atoms with Crippen LogP contribution in [0.3, 0.4) is 0 Å². The summed E-state index contributed by atoms with van der Waals surface area (Å²) in [7, 11) is 0. The summed E-state index contributed by atoms with van der Waals surface area (Å²) < 4.78 is 7.48. The van der Waals surface area contributed by atoms with E-state index in [1.165, 1.54) is 0 Å². The van der Waals surface area contributed by atoms with Gasteiger partial charge in [-0.1, -0.05) is 23.7 Å². The number of carbonyl (C=O) groups is 1. The highest BCUT2D eigenvalue weighted by Gasteiger charge is 2.18. The second-order valence-electron chi connectivity index (χ2n) is 5.28. The van der Waals surface area contributed by atoms with Gasteiger partial charge in [0, 0.05) is 16.3 Å². The van der Waals surface area contributed by atoms with Crippen LogP contribution in [0.4, 0.5) is 0 Å². The molecule has 1 radical (unpaired) electrons. The van der Waals surface area contributed by atoms with Crippen molar-refractivity contribution in [3.63, 3.8) is 0 Å². The fourth-order valence-corrected chi connectivity index (χ4v) is 3.26. The van der Waals surface area contributed by atoms with E-state index in [0.29, 0.717) is 17.1 Å². The molecule has 0 spiro atoms. The fraction of sp³-hybridized carbons (Fsp3) is 0.0556. The number of nitrogens with zero attached hydrogens (tertiary/aromatic N) is 1. The first-order valence-corrected chi connectivity index (χ1v) is 7.48. The number of fused-ring (bicyclic) bond motifs is 3. The minimum Gasteiger partial charge on any atom is -0.467 e. The van der Waals surface area contributed by atoms with Gasteiger partial charge in [-0.25, -0.2) is 0 Å². The van der Waals surface area contributed by atoms with E-state index >= 15 is 0 Å². The first-order chi connectivity index (χ1) is 11.2. The molecule has 0 saturated carbocycles. The summed E-state index contributed by atoms with van der Waals surface area (Å²) in [6, 6.07) is 15.9. The summed E-state index contributed by atoms with van der Waals surface area (Å²) in [5, 5.41) is 2.15. The van der Waals surface area contributed by atoms with Crippen LogP contribution in [0.25, 0.3) is 21.8 Å². The Bertz CT molecular complexity index is 1030. The van der Waals surface area contributed by atoms with Crippen LogP contribution in [0, 0.1) is 6.07 Å². The number of benzene rings is 2. The molecular weight excluding hydrogens is 312 g/mol. The molecule has 5 heteroatoms. The lowest BCUT2D eigenvalue weighted by atomic mass is 10.1. The zero-order valence-corrected chi connectivity index (χ0v) is 12.8. The van der Waals surface area contributed by atoms with E-state index in [1.54, 1.807) is 24.5 Å². The number of hydrogen-bond donors (Lipinski definition) is 1. The Morgan fingerprint density at radius 2 is 2.13 bits per heavy atom. The molecule has 2 heterocycles. The third-order valence-electron chi connectivity index (χ3n) is 3.93. The normalized spacial score (nSPS) is 11.3. The van der Waals surface area contributed by atoms with Crippen molar-refractivity contribution in [2.75, 3.05) is 0 Å². The first-order valence-electron chi connectivity index (χ1n) is 7.10. The average Bonchev–Trinajstić information content (AvgIpc) is 3.15. The summed E-state index contributed by atoms with van der Waals surface area (Å²) in [6.07, 6.45) is 1.63. The Kier molecular flexibility index (Phi) is 3.13. The van der Waals surface area contributed by atoms with Crippen molar-refractivity contribution in [3.8, 4) is 0 Å². The van der Waals surface area contributed by atoms with Crippen molar-refractivity contribution in [1.29, 1.82) is 0 Å². The van der Waals surface area contributed by atoms with Crippen molar-refractivity contribution >= 4 is 39.3 Å². The highest BCUT2D eigenvalue weighted by atomic mass is 35.5. The molecule has 2 aromatic heterocycles. The van der Waals surface area contributed by atoms with Crippen molar-refractivity contribution in [1.82, 2.24) is 4.57 Å². The summed E-state index contributed by atoms with van der Waals surface area (Å²) in [6.45, 7) is 0.507. The van der Waals surface area contributed by atoms with Crippen LogP contribution in [0.2, 0.25) is 5.02 Å². The van der Waals surface area contributed by atoms with Crippen molar-refractivity contribution < 1.29 is 9.21 Å². The quantitative estimate of drug-likeness (QED) is 0.619. The Morgan fingerprint density at radius 1 is 1.26 bits per heavy atom. The lowest BCUT2D eigenvalue weighted by Gasteiger charge is -2.06. The molecule has 0 aliphatic rings. The van der Waals surface area contributed by atoms with E-state index < -0.39 is 5.91 Å². The number of rotatable bonds is 3. The molecule has 0 aliphatic heterocycles. The van der Waals surface area contributed by atoms with Crippen molar-refractivity contribution in [2.24, 2.45) is 5.73 Å². The molecule has 0 aliphatic carbocycles. The predicted octanol–water partition coefficient (Wildman–Crippen LogP) is 3.99. The smallest absolute Gasteiger partial charge is 0.249 e. The lowest BCUT2D eigenvalue weighted by molar-refractivity contribution is 0.100. The summed E-state index contributed by atoms with van der Waals surface area (Å²) in [5.41, 5.74) is 7.69. The van der Waals surface area contributed by atoms with Crippen LogP contribution in [0.5, 0.6) is 0 Å². The van der Waals surface area contributed by atoms with Gasteiger partial charge in [0.15, 0.2) is 0 Å². The molecule has 23 heavy (non-hydrogen) atoms. The largest absolute Gasteiger partial charge is 0.467 e. The summed E-state index contributed by atoms with van der Waals surface area (Å²) >= 11 is 6.42. The van der Waals surface area contributed by atoms with Crippen molar-refractivity contribution in [3.05, 3.63) is 71.1 Å². The van der Waals surface area contributed by atoms with E-state index in [0.717, 1.165) is 27.6 Å². The van der Waals surface area contributed by atoms with Gasteiger partial charge in [0.1, 0.15) is 5.76 Å². The highest BCUT2D eigenvalue weighted by molar-refractivity contribution is 6.36. The monoisotopic (exact) mass is 323 g/mol. The Balaban J connectivity index is 2.14. The van der Waals surface area contributed by atoms with Gasteiger partial charge in [-0.05, 0) is 36.4 Å². The molecule has 0 saturated heterocycles. The maximum atomic E-state index is 11.8. The summed E-state index contributed by atoms with van der Waals surface area (Å²) in [4.78, 5) is 11.8. The molecule has 113 valence electrons. The molecule has 1 amide bonds. The number of hydrogen-bond acceptors (Lipinski definition) is 2. The van der Waals surface area contributed by atoms with E-state index in [2.05, 4.69) is 6.07 Å². The highest BCUT2D eigenvalue weighted by Crippen LogP contribution is 2.35. The standard InChI is InChI=1S/C18H12ClN2O2/c19-14-7-1-5-12-16-13(18(20)22)6-2-8-15(16)21(17(12)14)10-11-4-3-9-23-11/h1-4,6-9H,10H2,(H2,20,22). The van der Waals surface area contributed by atoms with Gasteiger partial charge in [0.2, 0.25) is 5.91 Å². The number of furan rings is 1. The molecule has 2 aromatic carbocycles. The number of aromatic nitrogens is 1. The average molecular weight is 324 g/mol. The third-order valence-corrected chi connectivity index (χ3v) is 4.24. The predicted molar refractivity (Wildman–Crippen MR) is 89.6 cm³/mol. The van der Waals surface area contributed by atoms with Gasteiger partial charge in [0.25, 0.3) is 0 Å². The Hall–Kier alpha value is -2.72. The number of amides is 1. The second-order valence-corrected chi connectivity index (χ2v) is 5.69. The van der Waals surface area contributed by atoms with Crippen LogP contribution in [0.1, 0.15) is 16.1 Å². The van der Waals surface area contributed by atoms with Gasteiger partial charge in [-0.3, -0.25) is 4.79 Å². The second kappa shape index (κ2) is 5.18. The molecular formula is C18H12ClN2O2. The topological polar surface area (TPSA) is 61.2 Å². The zero-order chi connectivity index (χ0) is 16.0. The molecule has 0 atom stereocenters. The van der Waals surface area contributed by atoms with Crippen LogP contribution in [0.15, 0.2) is 53.1 Å². The van der Waals surface area contributed by atoms with E-state index in [1.807, 2.05) is 28.8 Å². The molecule has 0 fully saturated rings. The number of halogens is 1. The van der Waals surface area contributed by atoms with E-state index in [4.69, 9.17) is 21.8 Å². The van der Waals surface area contributed by atoms with Crippen LogP contribution < -0.4 is 5.73 Å². The van der Waals surface area contributed by atoms with Crippen molar-refractivity contribution in [2.45, 2.75) is 6.54 Å². The van der Waals surface area contributed by atoms with Crippen LogP contribution in [-0.2, 0) is 6.54 Å². The molecule has 4 aromatic rings. The number of carbonyl (C=O) groups excluding carboxylic acids is 1. The fourth-order valence-electron chi connectivity index (χ4n) is 3.00. The minimum absolute atomic E-state index is 0.462. The molecule has 0 bridgehead atoms. The summed E-state index contributed by atoms with van der Waals surface area (Å²) in [5.74, 6) is 0.328. The van der Waals surface area contributed by atoms with Gasteiger partial charge in [-0.2, -0.15) is 0 Å². The zero-order valence-electron chi connectivity index (χ0n) is 12.0. The van der Waals surface area contributed by atoms with Crippen LogP contribution >= 0.6 is 11.6 Å². The number of nitrogens with two attached hydrogens (primary N) is 1. The van der Waals surface area contributed by atoms with Gasteiger partial charge < -0.3 is 14.7 Å². The van der Waals surface area contributed by atoms with Gasteiger partial charge in [0.05, 0.1) is 28.9 Å². The van der Waals surface area contributed by atoms with Gasteiger partial charge in [-0.15, -0.1) is 0 Å². The maximum Gasteiger partial charge on any atom is 0.249 e. The molecule has 4 nitrogen and oxygen atoms in total. The molecule has 0 unspecified atom stereocenters. The minimum atomic E-state index is -0.471. The molecule has 4 rings (SSSR count).